The van der Waals surface area contributed by atoms with Gasteiger partial charge in [-0.1, -0.05) is 0 Å². The Morgan fingerprint density at radius 2 is 2.00 bits per heavy atom. The minimum atomic E-state index is -0.866. The summed E-state index contributed by atoms with van der Waals surface area (Å²) in [6.07, 6.45) is 0. The third-order valence-electron chi connectivity index (χ3n) is 1.43. The molecule has 2 amide bonds. The smallest absolute Gasteiger partial charge is 0.250 e. The molecule has 1 saturated heterocycles. The van der Waals surface area contributed by atoms with Crippen molar-refractivity contribution >= 4 is 46.8 Å². The van der Waals surface area contributed by atoms with Gasteiger partial charge in [-0.05, 0) is 0 Å². The van der Waals surface area contributed by atoms with E-state index in [2.05, 4.69) is 0 Å². The first-order chi connectivity index (χ1) is 5.04. The molecule has 1 heterocycles. The first kappa shape index (κ1) is 9.10. The Kier molecular flexibility index (Phi) is 2.62. The summed E-state index contributed by atoms with van der Waals surface area (Å²) in [6, 6.07) is 0. The average molecular weight is 216 g/mol. The fourth-order valence-corrected chi connectivity index (χ4v) is 1.41. The van der Waals surface area contributed by atoms with Crippen molar-refractivity contribution in [1.82, 2.24) is 4.42 Å². The largest absolute Gasteiger partial charge is 0.273 e. The molecule has 0 aromatic carbocycles. The van der Waals surface area contributed by atoms with Crippen LogP contribution in [0.15, 0.2) is 0 Å². The van der Waals surface area contributed by atoms with Gasteiger partial charge in [-0.25, -0.2) is 0 Å². The molecule has 1 fully saturated rings. The van der Waals surface area contributed by atoms with Crippen molar-refractivity contribution in [2.45, 2.75) is 11.3 Å². The molecule has 0 aliphatic carbocycles. The van der Waals surface area contributed by atoms with Crippen molar-refractivity contribution in [2.24, 2.45) is 5.92 Å². The Morgan fingerprint density at radius 3 is 2.18 bits per heavy atom. The molecule has 1 aliphatic heterocycles. The van der Waals surface area contributed by atoms with Crippen LogP contribution in [0, 0.1) is 5.92 Å². The Labute approximate surface area is 78.3 Å². The fourth-order valence-electron chi connectivity index (χ4n) is 0.821. The lowest BCUT2D eigenvalue weighted by atomic mass is 10.1. The van der Waals surface area contributed by atoms with Crippen LogP contribution >= 0.6 is 35.0 Å². The molecule has 0 aromatic rings. The monoisotopic (exact) mass is 215 g/mol. The van der Waals surface area contributed by atoms with E-state index in [9.17, 15) is 9.59 Å². The summed E-state index contributed by atoms with van der Waals surface area (Å²) in [5.74, 6) is -1.65. The van der Waals surface area contributed by atoms with Crippen LogP contribution in [0.4, 0.5) is 0 Å². The van der Waals surface area contributed by atoms with Gasteiger partial charge in [0.15, 0.2) is 0 Å². The molecule has 6 heteroatoms. The molecule has 1 atom stereocenters. The van der Waals surface area contributed by atoms with Crippen molar-refractivity contribution in [3.8, 4) is 0 Å². The molecule has 0 bridgehead atoms. The first-order valence-electron chi connectivity index (χ1n) is 2.84. The van der Waals surface area contributed by atoms with Crippen molar-refractivity contribution < 1.29 is 9.59 Å². The molecule has 0 N–H and O–H groups in total. The van der Waals surface area contributed by atoms with Crippen LogP contribution in [0.3, 0.4) is 0 Å². The van der Waals surface area contributed by atoms with Crippen LogP contribution in [0.25, 0.3) is 0 Å². The Balaban J connectivity index is 2.75. The van der Waals surface area contributed by atoms with E-state index in [-0.39, 0.29) is 6.42 Å². The van der Waals surface area contributed by atoms with E-state index in [0.717, 1.165) is 0 Å². The van der Waals surface area contributed by atoms with Gasteiger partial charge >= 0.3 is 0 Å². The van der Waals surface area contributed by atoms with E-state index in [4.69, 9.17) is 35.0 Å². The summed E-state index contributed by atoms with van der Waals surface area (Å²) in [6.45, 7) is 0. The number of hydrogen-bond acceptors (Lipinski definition) is 2. The van der Waals surface area contributed by atoms with Crippen LogP contribution in [-0.2, 0) is 9.59 Å². The minimum absolute atomic E-state index is 0. The van der Waals surface area contributed by atoms with Gasteiger partial charge in [0, 0.05) is 18.2 Å². The standard InChI is InChI=1S/C5H4Cl3NO2/c6-4(7)2-1-3(10)9(8)5(2)11/h2,4H,1H2. The van der Waals surface area contributed by atoms with E-state index in [1.807, 2.05) is 0 Å². The zero-order valence-corrected chi connectivity index (χ0v) is 7.53. The third kappa shape index (κ3) is 1.60. The second-order valence-corrected chi connectivity index (χ2v) is 3.66. The molecule has 1 unspecified atom stereocenters. The summed E-state index contributed by atoms with van der Waals surface area (Å²) < 4.78 is 0.530. The van der Waals surface area contributed by atoms with E-state index in [1.54, 1.807) is 0 Å². The van der Waals surface area contributed by atoms with Crippen LogP contribution in [0.5, 0.6) is 0 Å². The fraction of sp³-hybridized carbons (Fsp3) is 0.600. The molecule has 0 saturated carbocycles. The zero-order valence-electron chi connectivity index (χ0n) is 5.26. The number of alkyl halides is 2. The van der Waals surface area contributed by atoms with Crippen molar-refractivity contribution in [3.63, 3.8) is 0 Å². The Morgan fingerprint density at radius 1 is 1.45 bits per heavy atom. The highest BCUT2D eigenvalue weighted by molar-refractivity contribution is 6.46. The van der Waals surface area contributed by atoms with E-state index in [0.29, 0.717) is 4.42 Å². The molecule has 0 radical (unpaired) electrons. The summed E-state index contributed by atoms with van der Waals surface area (Å²) in [5.41, 5.74) is 0. The highest BCUT2D eigenvalue weighted by atomic mass is 35.5. The van der Waals surface area contributed by atoms with E-state index < -0.39 is 22.6 Å². The van der Waals surface area contributed by atoms with Crippen LogP contribution in [-0.4, -0.2) is 21.1 Å². The molecular formula is C5H4Cl3NO2. The SMILES string of the molecule is O=C1CC(C(Cl)Cl)C(=O)N1Cl. The summed E-state index contributed by atoms with van der Waals surface area (Å²) in [5, 5.41) is 0. The van der Waals surface area contributed by atoms with Crippen molar-refractivity contribution in [1.29, 1.82) is 0 Å². The summed E-state index contributed by atoms with van der Waals surface area (Å²) >= 11 is 16.1. The second kappa shape index (κ2) is 3.17. The van der Waals surface area contributed by atoms with Crippen molar-refractivity contribution in [3.05, 3.63) is 0 Å². The quantitative estimate of drug-likeness (QED) is 0.377. The minimum Gasteiger partial charge on any atom is -0.273 e. The summed E-state index contributed by atoms with van der Waals surface area (Å²) in [4.78, 5) is 20.9. The number of carbonyl (C=O) groups excluding carboxylic acids is 2. The first-order valence-corrected chi connectivity index (χ1v) is 4.06. The molecule has 0 aromatic heterocycles. The maximum absolute atomic E-state index is 11.0. The van der Waals surface area contributed by atoms with Crippen molar-refractivity contribution in [2.75, 3.05) is 0 Å². The lowest BCUT2D eigenvalue weighted by Gasteiger charge is -2.05. The number of hydrogen-bond donors (Lipinski definition) is 0. The molecule has 11 heavy (non-hydrogen) atoms. The zero-order chi connectivity index (χ0) is 8.59. The molecule has 3 nitrogen and oxygen atoms in total. The van der Waals surface area contributed by atoms with E-state index in [1.165, 1.54) is 0 Å². The molecular weight excluding hydrogens is 212 g/mol. The van der Waals surface area contributed by atoms with Crippen LogP contribution < -0.4 is 0 Å². The molecule has 1 rings (SSSR count). The maximum Gasteiger partial charge on any atom is 0.250 e. The predicted molar refractivity (Wildman–Crippen MR) is 41.3 cm³/mol. The van der Waals surface area contributed by atoms with E-state index >= 15 is 0 Å². The van der Waals surface area contributed by atoms with Gasteiger partial charge in [-0.3, -0.25) is 9.59 Å². The van der Waals surface area contributed by atoms with Crippen LogP contribution in [0.2, 0.25) is 0 Å². The molecule has 1 aliphatic rings. The number of imide groups is 1. The Bertz CT molecular complexity index is 206. The second-order valence-electron chi connectivity index (χ2n) is 2.16. The number of rotatable bonds is 1. The Hall–Kier alpha value is 0.01000. The van der Waals surface area contributed by atoms with Gasteiger partial charge in [0.2, 0.25) is 11.8 Å². The average Bonchev–Trinajstić information content (AvgIpc) is 2.17. The van der Waals surface area contributed by atoms with Crippen LogP contribution in [0.1, 0.15) is 6.42 Å². The topological polar surface area (TPSA) is 37.4 Å². The number of nitrogens with zero attached hydrogens (tertiary/aromatic N) is 1. The summed E-state index contributed by atoms with van der Waals surface area (Å²) in [7, 11) is 0. The van der Waals surface area contributed by atoms with Gasteiger partial charge in [-0.15, -0.1) is 23.2 Å². The number of halogens is 3. The van der Waals surface area contributed by atoms with Gasteiger partial charge in [0.1, 0.15) is 4.84 Å². The van der Waals surface area contributed by atoms with Gasteiger partial charge < -0.3 is 0 Å². The lowest BCUT2D eigenvalue weighted by molar-refractivity contribution is -0.133. The number of carbonyl (C=O) groups is 2. The predicted octanol–water partition coefficient (Wildman–Crippen LogP) is 1.32. The maximum atomic E-state index is 11.0. The molecule has 62 valence electrons. The molecule has 0 spiro atoms. The lowest BCUT2D eigenvalue weighted by Crippen LogP contribution is -2.23. The van der Waals surface area contributed by atoms with Gasteiger partial charge in [0.05, 0.1) is 5.92 Å². The normalized spacial score (nSPS) is 25.5. The third-order valence-corrected chi connectivity index (χ3v) is 2.39. The number of amides is 2. The highest BCUT2D eigenvalue weighted by Crippen LogP contribution is 2.28. The highest BCUT2D eigenvalue weighted by Gasteiger charge is 2.41. The van der Waals surface area contributed by atoms with Gasteiger partial charge in [0.25, 0.3) is 0 Å². The van der Waals surface area contributed by atoms with Gasteiger partial charge in [-0.2, -0.15) is 4.42 Å².